The first-order valence-corrected chi connectivity index (χ1v) is 10.7. The number of aromatic nitrogens is 1. The Kier molecular flexibility index (Phi) is 7.26. The Morgan fingerprint density at radius 1 is 1.13 bits per heavy atom. The lowest BCUT2D eigenvalue weighted by molar-refractivity contribution is -0.132. The average Bonchev–Trinajstić information content (AvgIpc) is 3.06. The van der Waals surface area contributed by atoms with Crippen LogP contribution in [0.3, 0.4) is 0 Å². The van der Waals surface area contributed by atoms with Gasteiger partial charge in [-0.2, -0.15) is 0 Å². The van der Waals surface area contributed by atoms with Gasteiger partial charge in [0, 0.05) is 31.7 Å². The number of nitrogens with zero attached hydrogens (tertiary/aromatic N) is 3. The van der Waals surface area contributed by atoms with Gasteiger partial charge in [-0.3, -0.25) is 14.5 Å². The van der Waals surface area contributed by atoms with Crippen LogP contribution in [0, 0.1) is 13.8 Å². The minimum absolute atomic E-state index is 0.0116. The molecule has 162 valence electrons. The summed E-state index contributed by atoms with van der Waals surface area (Å²) < 4.78 is 5.15. The van der Waals surface area contributed by atoms with E-state index in [0.717, 1.165) is 23.2 Å². The van der Waals surface area contributed by atoms with E-state index in [4.69, 9.17) is 4.52 Å². The van der Waals surface area contributed by atoms with Crippen LogP contribution in [-0.2, 0) is 22.4 Å². The van der Waals surface area contributed by atoms with Crippen molar-refractivity contribution in [1.29, 1.82) is 0 Å². The molecular formula is C23H32N4O3. The van der Waals surface area contributed by atoms with Gasteiger partial charge in [0.05, 0.1) is 24.7 Å². The number of nitrogens with one attached hydrogen (secondary N) is 1. The van der Waals surface area contributed by atoms with Gasteiger partial charge in [0.15, 0.2) is 0 Å². The van der Waals surface area contributed by atoms with Crippen LogP contribution < -0.4 is 5.32 Å². The minimum atomic E-state index is -0.0266. The van der Waals surface area contributed by atoms with Crippen LogP contribution >= 0.6 is 0 Å². The maximum absolute atomic E-state index is 12.6. The Bertz CT molecular complexity index is 848. The molecule has 1 aromatic heterocycles. The van der Waals surface area contributed by atoms with Crippen LogP contribution in [0.1, 0.15) is 48.0 Å². The van der Waals surface area contributed by atoms with E-state index >= 15 is 0 Å². The summed E-state index contributed by atoms with van der Waals surface area (Å²) in [5, 5.41) is 6.99. The molecule has 0 bridgehead atoms. The number of amides is 2. The Morgan fingerprint density at radius 3 is 2.37 bits per heavy atom. The van der Waals surface area contributed by atoms with E-state index in [0.29, 0.717) is 44.9 Å². The molecule has 3 rings (SSSR count). The molecule has 1 saturated heterocycles. The molecule has 30 heavy (non-hydrogen) atoms. The third-order valence-corrected chi connectivity index (χ3v) is 5.87. The van der Waals surface area contributed by atoms with E-state index in [-0.39, 0.29) is 17.9 Å². The zero-order valence-electron chi connectivity index (χ0n) is 18.4. The summed E-state index contributed by atoms with van der Waals surface area (Å²) >= 11 is 0. The predicted molar refractivity (Wildman–Crippen MR) is 115 cm³/mol. The highest BCUT2D eigenvalue weighted by Gasteiger charge is 2.24. The van der Waals surface area contributed by atoms with Crippen molar-refractivity contribution in [3.63, 3.8) is 0 Å². The molecular weight excluding hydrogens is 380 g/mol. The number of hydrogen-bond donors (Lipinski definition) is 1. The van der Waals surface area contributed by atoms with Crippen LogP contribution in [0.25, 0.3) is 0 Å². The topological polar surface area (TPSA) is 78.7 Å². The van der Waals surface area contributed by atoms with Crippen LogP contribution in [0.15, 0.2) is 28.8 Å². The molecule has 0 radical (unpaired) electrons. The summed E-state index contributed by atoms with van der Waals surface area (Å²) in [6.45, 7) is 10.8. The number of hydrogen-bond acceptors (Lipinski definition) is 5. The van der Waals surface area contributed by atoms with Gasteiger partial charge in [-0.15, -0.1) is 0 Å². The van der Waals surface area contributed by atoms with Crippen molar-refractivity contribution >= 4 is 11.8 Å². The van der Waals surface area contributed by atoms with Gasteiger partial charge in [0.25, 0.3) is 0 Å². The molecule has 0 saturated carbocycles. The lowest BCUT2D eigenvalue weighted by Gasteiger charge is -2.34. The van der Waals surface area contributed by atoms with Gasteiger partial charge in [-0.05, 0) is 38.3 Å². The van der Waals surface area contributed by atoms with E-state index in [9.17, 15) is 9.59 Å². The second-order valence-electron chi connectivity index (χ2n) is 8.02. The lowest BCUT2D eigenvalue weighted by Crippen LogP contribution is -2.51. The Balaban J connectivity index is 1.43. The maximum atomic E-state index is 12.6. The minimum Gasteiger partial charge on any atom is -0.361 e. The Labute approximate surface area is 178 Å². The van der Waals surface area contributed by atoms with Gasteiger partial charge in [0.2, 0.25) is 11.8 Å². The summed E-state index contributed by atoms with van der Waals surface area (Å²) in [7, 11) is 0. The van der Waals surface area contributed by atoms with Crippen LogP contribution in [0.2, 0.25) is 0 Å². The van der Waals surface area contributed by atoms with Gasteiger partial charge in [-0.25, -0.2) is 0 Å². The highest BCUT2D eigenvalue weighted by Crippen LogP contribution is 2.16. The SMILES string of the molecule is CCc1ccc(C(C)NC(=O)CN2CCN(C(=O)Cc3c(C)noc3C)CC2)cc1. The largest absolute Gasteiger partial charge is 0.361 e. The number of benzene rings is 1. The molecule has 1 fully saturated rings. The van der Waals surface area contributed by atoms with Crippen molar-refractivity contribution in [2.75, 3.05) is 32.7 Å². The number of aryl methyl sites for hydroxylation is 3. The molecule has 1 aliphatic rings. The van der Waals surface area contributed by atoms with E-state index in [1.165, 1.54) is 5.56 Å². The first-order valence-electron chi connectivity index (χ1n) is 10.7. The van der Waals surface area contributed by atoms with Gasteiger partial charge >= 0.3 is 0 Å². The molecule has 2 aromatic rings. The zero-order valence-corrected chi connectivity index (χ0v) is 18.4. The summed E-state index contributed by atoms with van der Waals surface area (Å²) in [6.07, 6.45) is 1.32. The second kappa shape index (κ2) is 9.89. The quantitative estimate of drug-likeness (QED) is 0.756. The first kappa shape index (κ1) is 22.0. The molecule has 2 amide bonds. The van der Waals surface area contributed by atoms with Crippen molar-refractivity contribution in [3.8, 4) is 0 Å². The Morgan fingerprint density at radius 2 is 1.80 bits per heavy atom. The fraction of sp³-hybridized carbons (Fsp3) is 0.522. The Hall–Kier alpha value is -2.67. The van der Waals surface area contributed by atoms with Gasteiger partial charge < -0.3 is 14.7 Å². The highest BCUT2D eigenvalue weighted by atomic mass is 16.5. The van der Waals surface area contributed by atoms with Crippen molar-refractivity contribution in [2.24, 2.45) is 0 Å². The molecule has 7 nitrogen and oxygen atoms in total. The normalized spacial score (nSPS) is 15.8. The van der Waals surface area contributed by atoms with Crippen LogP contribution in [0.5, 0.6) is 0 Å². The van der Waals surface area contributed by atoms with Crippen molar-refractivity contribution in [1.82, 2.24) is 20.3 Å². The second-order valence-corrected chi connectivity index (χ2v) is 8.02. The van der Waals surface area contributed by atoms with Crippen molar-refractivity contribution < 1.29 is 14.1 Å². The number of carbonyl (C=O) groups excluding carboxylic acids is 2. The molecule has 1 aromatic carbocycles. The van der Waals surface area contributed by atoms with Crippen molar-refractivity contribution in [2.45, 2.75) is 46.6 Å². The average molecular weight is 413 g/mol. The van der Waals surface area contributed by atoms with E-state index < -0.39 is 0 Å². The first-order chi connectivity index (χ1) is 14.4. The van der Waals surface area contributed by atoms with E-state index in [1.54, 1.807) is 0 Å². The van der Waals surface area contributed by atoms with Gasteiger partial charge in [-0.1, -0.05) is 36.3 Å². The number of carbonyl (C=O) groups is 2. The number of piperazine rings is 1. The predicted octanol–water partition coefficient (Wildman–Crippen LogP) is 2.42. The van der Waals surface area contributed by atoms with E-state index in [1.807, 2.05) is 25.7 Å². The summed E-state index contributed by atoms with van der Waals surface area (Å²) in [5.74, 6) is 0.796. The number of rotatable bonds is 7. The third kappa shape index (κ3) is 5.48. The summed E-state index contributed by atoms with van der Waals surface area (Å²) in [5.41, 5.74) is 4.05. The monoisotopic (exact) mass is 412 g/mol. The molecule has 1 aliphatic heterocycles. The smallest absolute Gasteiger partial charge is 0.234 e. The summed E-state index contributed by atoms with van der Waals surface area (Å²) in [6, 6.07) is 8.34. The molecule has 0 spiro atoms. The third-order valence-electron chi connectivity index (χ3n) is 5.87. The molecule has 1 N–H and O–H groups in total. The molecule has 0 aliphatic carbocycles. The fourth-order valence-corrected chi connectivity index (χ4v) is 3.79. The molecule has 1 atom stereocenters. The molecule has 1 unspecified atom stereocenters. The maximum Gasteiger partial charge on any atom is 0.234 e. The van der Waals surface area contributed by atoms with Crippen LogP contribution in [-0.4, -0.2) is 59.5 Å². The van der Waals surface area contributed by atoms with E-state index in [2.05, 4.69) is 46.6 Å². The standard InChI is InChI=1S/C23H32N4O3/c1-5-19-6-8-20(9-7-19)16(2)24-22(28)15-26-10-12-27(13-11-26)23(29)14-21-17(3)25-30-18(21)4/h6-9,16H,5,10-15H2,1-4H3,(H,24,28). The highest BCUT2D eigenvalue weighted by molar-refractivity contribution is 5.80. The van der Waals surface area contributed by atoms with Crippen LogP contribution in [0.4, 0.5) is 0 Å². The molecule has 2 heterocycles. The van der Waals surface area contributed by atoms with Gasteiger partial charge in [0.1, 0.15) is 5.76 Å². The fourth-order valence-electron chi connectivity index (χ4n) is 3.79. The zero-order chi connectivity index (χ0) is 21.7. The molecule has 7 heteroatoms. The lowest BCUT2D eigenvalue weighted by atomic mass is 10.0. The summed E-state index contributed by atoms with van der Waals surface area (Å²) in [4.78, 5) is 29.0. The van der Waals surface area contributed by atoms with Crippen molar-refractivity contribution in [3.05, 3.63) is 52.4 Å².